The van der Waals surface area contributed by atoms with Crippen LogP contribution in [0.25, 0.3) is 0 Å². The molecule has 2 heteroatoms. The van der Waals surface area contributed by atoms with Gasteiger partial charge in [-0.1, -0.05) is 31.7 Å². The highest BCUT2D eigenvalue weighted by atomic mass is 32.2. The van der Waals surface area contributed by atoms with Crippen molar-refractivity contribution < 1.29 is 0 Å². The highest BCUT2D eigenvalue weighted by Crippen LogP contribution is 2.26. The first-order chi connectivity index (χ1) is 7.33. The van der Waals surface area contributed by atoms with Crippen LogP contribution in [0.2, 0.25) is 0 Å². The molecule has 0 spiro atoms. The van der Waals surface area contributed by atoms with E-state index in [1.807, 2.05) is 23.5 Å². The van der Waals surface area contributed by atoms with Crippen molar-refractivity contribution in [3.63, 3.8) is 0 Å². The van der Waals surface area contributed by atoms with Gasteiger partial charge in [-0.3, -0.25) is 0 Å². The van der Waals surface area contributed by atoms with Gasteiger partial charge in [0.2, 0.25) is 0 Å². The standard InChI is InChI=1S/C13H20S2/c1-3-14-12(2)8-4-5-9-13-10-6-7-11-15-13/h6-7,10H,2-5,8-9,11H2,1H3. The number of allylic oxidation sites excluding steroid dienone is 4. The van der Waals surface area contributed by atoms with Crippen LogP contribution in [0.5, 0.6) is 0 Å². The Labute approximate surface area is 102 Å². The van der Waals surface area contributed by atoms with E-state index >= 15 is 0 Å². The van der Waals surface area contributed by atoms with Crippen LogP contribution in [0, 0.1) is 0 Å². The number of rotatable bonds is 7. The van der Waals surface area contributed by atoms with Crippen molar-refractivity contribution in [2.45, 2.75) is 32.6 Å². The third-order valence-corrected chi connectivity index (χ3v) is 4.23. The third-order valence-electron chi connectivity index (χ3n) is 2.26. The van der Waals surface area contributed by atoms with Gasteiger partial charge in [-0.2, -0.15) is 0 Å². The fourth-order valence-corrected chi connectivity index (χ4v) is 3.07. The van der Waals surface area contributed by atoms with Crippen molar-refractivity contribution >= 4 is 23.5 Å². The smallest absolute Gasteiger partial charge is 0.0160 e. The molecule has 1 aliphatic heterocycles. The first-order valence-electron chi connectivity index (χ1n) is 5.62. The van der Waals surface area contributed by atoms with Gasteiger partial charge in [0.1, 0.15) is 0 Å². The first-order valence-corrected chi connectivity index (χ1v) is 7.59. The molecule has 0 saturated heterocycles. The molecule has 0 fully saturated rings. The summed E-state index contributed by atoms with van der Waals surface area (Å²) in [5.41, 5.74) is 0. The van der Waals surface area contributed by atoms with Crippen molar-refractivity contribution in [2.75, 3.05) is 11.5 Å². The predicted molar refractivity (Wildman–Crippen MR) is 75.4 cm³/mol. The van der Waals surface area contributed by atoms with Crippen LogP contribution in [-0.2, 0) is 0 Å². The summed E-state index contributed by atoms with van der Waals surface area (Å²) in [5.74, 6) is 2.31. The van der Waals surface area contributed by atoms with Crippen LogP contribution in [0.1, 0.15) is 32.6 Å². The van der Waals surface area contributed by atoms with Crippen molar-refractivity contribution in [2.24, 2.45) is 0 Å². The lowest BCUT2D eigenvalue weighted by atomic mass is 10.2. The summed E-state index contributed by atoms with van der Waals surface area (Å²) in [4.78, 5) is 2.90. The van der Waals surface area contributed by atoms with Crippen LogP contribution >= 0.6 is 23.5 Å². The average Bonchev–Trinajstić information content (AvgIpc) is 2.26. The SMILES string of the molecule is C=C(CCCCC1=CC=CCS1)SCC. The van der Waals surface area contributed by atoms with Crippen molar-refractivity contribution in [3.05, 3.63) is 34.6 Å². The minimum atomic E-state index is 1.16. The van der Waals surface area contributed by atoms with Gasteiger partial charge >= 0.3 is 0 Å². The number of thioether (sulfide) groups is 2. The lowest BCUT2D eigenvalue weighted by Gasteiger charge is -2.08. The molecule has 0 unspecified atom stereocenters. The van der Waals surface area contributed by atoms with Crippen molar-refractivity contribution in [3.8, 4) is 0 Å². The second kappa shape index (κ2) is 8.12. The molecule has 1 aliphatic rings. The van der Waals surface area contributed by atoms with Gasteiger partial charge in [0, 0.05) is 5.75 Å². The lowest BCUT2D eigenvalue weighted by Crippen LogP contribution is -1.86. The largest absolute Gasteiger partial charge is 0.132 e. The maximum Gasteiger partial charge on any atom is 0.0160 e. The molecule has 0 radical (unpaired) electrons. The van der Waals surface area contributed by atoms with E-state index in [1.54, 1.807) is 4.91 Å². The molecule has 0 aromatic rings. The molecule has 0 N–H and O–H groups in total. The normalized spacial score (nSPS) is 15.1. The zero-order chi connectivity index (χ0) is 10.9. The van der Waals surface area contributed by atoms with Crippen LogP contribution in [0.15, 0.2) is 34.6 Å². The van der Waals surface area contributed by atoms with E-state index in [4.69, 9.17) is 0 Å². The summed E-state index contributed by atoms with van der Waals surface area (Å²) in [5, 5.41) is 0. The monoisotopic (exact) mass is 240 g/mol. The summed E-state index contributed by atoms with van der Waals surface area (Å²) < 4.78 is 0. The molecular formula is C13H20S2. The Hall–Kier alpha value is -0.0800. The zero-order valence-corrected chi connectivity index (χ0v) is 11.1. The van der Waals surface area contributed by atoms with Gasteiger partial charge in [-0.15, -0.1) is 23.5 Å². The molecule has 0 aromatic heterocycles. The molecule has 0 bridgehead atoms. The summed E-state index contributed by atoms with van der Waals surface area (Å²) in [6.07, 6.45) is 11.7. The summed E-state index contributed by atoms with van der Waals surface area (Å²) in [6, 6.07) is 0. The second-order valence-corrected chi connectivity index (χ2v) is 6.14. The predicted octanol–water partition coefficient (Wildman–Crippen LogP) is 5.00. The van der Waals surface area contributed by atoms with Gasteiger partial charge in [0.05, 0.1) is 0 Å². The number of unbranched alkanes of at least 4 members (excludes halogenated alkanes) is 1. The molecule has 15 heavy (non-hydrogen) atoms. The minimum Gasteiger partial charge on any atom is -0.132 e. The maximum absolute atomic E-state index is 4.06. The van der Waals surface area contributed by atoms with Crippen LogP contribution < -0.4 is 0 Å². The van der Waals surface area contributed by atoms with Crippen LogP contribution in [0.3, 0.4) is 0 Å². The van der Waals surface area contributed by atoms with Gasteiger partial charge in [0.25, 0.3) is 0 Å². The Morgan fingerprint density at radius 3 is 3.07 bits per heavy atom. The maximum atomic E-state index is 4.06. The summed E-state index contributed by atoms with van der Waals surface area (Å²) in [7, 11) is 0. The van der Waals surface area contributed by atoms with Crippen molar-refractivity contribution in [1.82, 2.24) is 0 Å². The fraction of sp³-hybridized carbons (Fsp3) is 0.538. The van der Waals surface area contributed by atoms with E-state index in [2.05, 4.69) is 31.7 Å². The minimum absolute atomic E-state index is 1.16. The Balaban J connectivity index is 2.03. The van der Waals surface area contributed by atoms with E-state index in [0.717, 1.165) is 11.5 Å². The molecule has 1 rings (SSSR count). The molecule has 0 aromatic carbocycles. The van der Waals surface area contributed by atoms with Gasteiger partial charge in [-0.25, -0.2) is 0 Å². The molecule has 84 valence electrons. The quantitative estimate of drug-likeness (QED) is 0.574. The highest BCUT2D eigenvalue weighted by molar-refractivity contribution is 8.03. The van der Waals surface area contributed by atoms with Crippen LogP contribution in [0.4, 0.5) is 0 Å². The zero-order valence-electron chi connectivity index (χ0n) is 9.50. The van der Waals surface area contributed by atoms with E-state index in [1.165, 1.54) is 30.6 Å². The fourth-order valence-electron chi connectivity index (χ4n) is 1.49. The molecular weight excluding hydrogens is 220 g/mol. The van der Waals surface area contributed by atoms with E-state index in [0.29, 0.717) is 0 Å². The lowest BCUT2D eigenvalue weighted by molar-refractivity contribution is 0.754. The number of hydrogen-bond acceptors (Lipinski definition) is 2. The second-order valence-electron chi connectivity index (χ2n) is 3.55. The molecule has 1 heterocycles. The third kappa shape index (κ3) is 6.16. The molecule has 0 aliphatic carbocycles. The van der Waals surface area contributed by atoms with E-state index < -0.39 is 0 Å². The van der Waals surface area contributed by atoms with E-state index in [-0.39, 0.29) is 0 Å². The summed E-state index contributed by atoms with van der Waals surface area (Å²) >= 11 is 3.87. The molecule has 0 amide bonds. The number of hydrogen-bond donors (Lipinski definition) is 0. The van der Waals surface area contributed by atoms with Gasteiger partial charge in [-0.05, 0) is 41.2 Å². The van der Waals surface area contributed by atoms with Crippen molar-refractivity contribution in [1.29, 1.82) is 0 Å². The average molecular weight is 240 g/mol. The molecule has 0 atom stereocenters. The Morgan fingerprint density at radius 1 is 1.53 bits per heavy atom. The molecule has 0 nitrogen and oxygen atoms in total. The topological polar surface area (TPSA) is 0 Å². The molecule has 0 saturated carbocycles. The van der Waals surface area contributed by atoms with E-state index in [9.17, 15) is 0 Å². The highest BCUT2D eigenvalue weighted by Gasteiger charge is 2.00. The Kier molecular flexibility index (Phi) is 7.03. The summed E-state index contributed by atoms with van der Waals surface area (Å²) in [6.45, 7) is 6.25. The Morgan fingerprint density at radius 2 is 2.40 bits per heavy atom. The van der Waals surface area contributed by atoms with Gasteiger partial charge < -0.3 is 0 Å². The van der Waals surface area contributed by atoms with Gasteiger partial charge in [0.15, 0.2) is 0 Å². The Bertz CT molecular complexity index is 251. The van der Waals surface area contributed by atoms with Crippen LogP contribution in [-0.4, -0.2) is 11.5 Å². The first kappa shape index (κ1) is 13.0.